The minimum atomic E-state index is 0.198. The fraction of sp³-hybridized carbons (Fsp3) is 0.739. The first-order chi connectivity index (χ1) is 27.2. The highest BCUT2D eigenvalue weighted by Crippen LogP contribution is 2.38. The summed E-state index contributed by atoms with van der Waals surface area (Å²) < 4.78 is 29.0. The molecule has 0 N–H and O–H groups in total. The molecule has 9 nitrogen and oxygen atoms in total. The zero-order valence-electron chi connectivity index (χ0n) is 34.1. The van der Waals surface area contributed by atoms with Crippen molar-refractivity contribution < 1.29 is 23.7 Å². The number of ether oxygens (including phenoxy) is 5. The summed E-state index contributed by atoms with van der Waals surface area (Å²) in [5.41, 5.74) is 3.37. The van der Waals surface area contributed by atoms with Crippen molar-refractivity contribution in [1.82, 2.24) is 19.6 Å². The van der Waals surface area contributed by atoms with Crippen LogP contribution in [0.1, 0.15) is 88.2 Å². The van der Waals surface area contributed by atoms with E-state index in [1.54, 1.807) is 0 Å². The molecule has 55 heavy (non-hydrogen) atoms. The predicted molar refractivity (Wildman–Crippen MR) is 221 cm³/mol. The van der Waals surface area contributed by atoms with Crippen LogP contribution in [0, 0.1) is 0 Å². The molecule has 0 bridgehead atoms. The summed E-state index contributed by atoms with van der Waals surface area (Å²) in [5, 5.41) is 0. The lowest BCUT2D eigenvalue weighted by Crippen LogP contribution is -2.48. The molecule has 0 aliphatic carbocycles. The monoisotopic (exact) mass is 761 g/mol. The van der Waals surface area contributed by atoms with E-state index < -0.39 is 0 Å². The van der Waals surface area contributed by atoms with Gasteiger partial charge in [-0.25, -0.2) is 0 Å². The number of hydrogen-bond donors (Lipinski definition) is 0. The van der Waals surface area contributed by atoms with Crippen LogP contribution in [-0.2, 0) is 25.0 Å². The fourth-order valence-electron chi connectivity index (χ4n) is 9.93. The number of likely N-dealkylation sites (tertiary alicyclic amines) is 3. The fourth-order valence-corrected chi connectivity index (χ4v) is 9.93. The van der Waals surface area contributed by atoms with Crippen LogP contribution >= 0.6 is 0 Å². The van der Waals surface area contributed by atoms with Gasteiger partial charge < -0.3 is 38.4 Å². The largest absolute Gasteiger partial charge is 0.494 e. The molecule has 0 saturated carbocycles. The molecule has 306 valence electrons. The van der Waals surface area contributed by atoms with Crippen molar-refractivity contribution in [3.63, 3.8) is 0 Å². The van der Waals surface area contributed by atoms with Gasteiger partial charge in [0, 0.05) is 76.5 Å². The molecule has 0 spiro atoms. The van der Waals surface area contributed by atoms with Gasteiger partial charge in [-0.2, -0.15) is 0 Å². The maximum atomic E-state index is 6.01. The van der Waals surface area contributed by atoms with Gasteiger partial charge in [-0.15, -0.1) is 0 Å². The first-order valence-electron chi connectivity index (χ1n) is 22.3. The molecule has 6 saturated heterocycles. The smallest absolute Gasteiger partial charge is 0.119 e. The number of benzene rings is 2. The van der Waals surface area contributed by atoms with Crippen molar-refractivity contribution in [2.75, 3.05) is 131 Å². The van der Waals surface area contributed by atoms with Crippen LogP contribution in [0.5, 0.6) is 11.5 Å². The van der Waals surface area contributed by atoms with Gasteiger partial charge in [-0.05, 0) is 152 Å². The SMILES string of the molecule is c1cc(C2(CN3CCCC3)CCOCC2)ccc1OCCCN1CCCC1.c1cc(C2(CN3CCOCC3)CCOCC2)ccc1OCCCN1CCCC1. The molecule has 0 unspecified atom stereocenters. The zero-order valence-corrected chi connectivity index (χ0v) is 34.1. The summed E-state index contributed by atoms with van der Waals surface area (Å²) in [6.07, 6.45) is 14.9. The van der Waals surface area contributed by atoms with Crippen LogP contribution in [0.2, 0.25) is 0 Å². The molecule has 6 aliphatic rings. The number of nitrogens with zero attached hydrogens (tertiary/aromatic N) is 4. The Labute approximate surface area is 332 Å². The van der Waals surface area contributed by atoms with E-state index in [-0.39, 0.29) is 10.8 Å². The molecule has 0 atom stereocenters. The van der Waals surface area contributed by atoms with Crippen LogP contribution in [-0.4, -0.2) is 151 Å². The standard InChI is InChI=1S/C23H36N2O3.C23H36N2O2/c1-2-11-24(10-1)12-3-15-28-22-6-4-21(5-7-22)23(8-16-26-17-9-23)20-25-13-18-27-19-14-25;1-2-13-24(12-1)16-5-17-27-22-8-6-21(7-9-22)23(10-18-26-19-11-23)20-25-14-3-4-15-25/h4-7H,1-3,8-20H2;6-9H,1-5,10-20H2. The minimum Gasteiger partial charge on any atom is -0.494 e. The van der Waals surface area contributed by atoms with Crippen LogP contribution in [0.3, 0.4) is 0 Å². The van der Waals surface area contributed by atoms with E-state index in [2.05, 4.69) is 68.1 Å². The first kappa shape index (κ1) is 40.9. The van der Waals surface area contributed by atoms with Crippen molar-refractivity contribution in [3.05, 3.63) is 59.7 Å². The molecule has 6 fully saturated rings. The van der Waals surface area contributed by atoms with Crippen LogP contribution in [0.4, 0.5) is 0 Å². The van der Waals surface area contributed by atoms with Crippen molar-refractivity contribution >= 4 is 0 Å². The normalized spacial score (nSPS) is 23.7. The topological polar surface area (TPSA) is 59.1 Å². The average molecular weight is 761 g/mol. The average Bonchev–Trinajstić information content (AvgIpc) is 4.06. The van der Waals surface area contributed by atoms with E-state index in [4.69, 9.17) is 23.7 Å². The Morgan fingerprint density at radius 1 is 0.418 bits per heavy atom. The summed E-state index contributed by atoms with van der Waals surface area (Å²) in [7, 11) is 0. The maximum absolute atomic E-state index is 6.01. The summed E-state index contributed by atoms with van der Waals surface area (Å²) in [6.45, 7) is 21.2. The van der Waals surface area contributed by atoms with Crippen LogP contribution < -0.4 is 9.47 Å². The van der Waals surface area contributed by atoms with E-state index in [1.165, 1.54) is 109 Å². The Bertz CT molecular complexity index is 1340. The van der Waals surface area contributed by atoms with Gasteiger partial charge in [-0.1, -0.05) is 24.3 Å². The quantitative estimate of drug-likeness (QED) is 0.176. The van der Waals surface area contributed by atoms with Gasteiger partial charge in [-0.3, -0.25) is 4.90 Å². The number of hydrogen-bond acceptors (Lipinski definition) is 9. The second-order valence-electron chi connectivity index (χ2n) is 17.2. The summed E-state index contributed by atoms with van der Waals surface area (Å²) >= 11 is 0. The maximum Gasteiger partial charge on any atom is 0.119 e. The van der Waals surface area contributed by atoms with Crippen LogP contribution in [0.25, 0.3) is 0 Å². The molecular weight excluding hydrogens is 689 g/mol. The Kier molecular flexibility index (Phi) is 16.0. The lowest BCUT2D eigenvalue weighted by molar-refractivity contribution is -0.00119. The van der Waals surface area contributed by atoms with Gasteiger partial charge in [0.15, 0.2) is 0 Å². The summed E-state index contributed by atoms with van der Waals surface area (Å²) in [5.74, 6) is 2.02. The molecule has 0 amide bonds. The third kappa shape index (κ3) is 12.1. The van der Waals surface area contributed by atoms with E-state index in [0.717, 1.165) is 123 Å². The summed E-state index contributed by atoms with van der Waals surface area (Å²) in [6, 6.07) is 17.9. The van der Waals surface area contributed by atoms with E-state index in [0.29, 0.717) is 0 Å². The Morgan fingerprint density at radius 3 is 1.16 bits per heavy atom. The van der Waals surface area contributed by atoms with Crippen molar-refractivity contribution in [1.29, 1.82) is 0 Å². The van der Waals surface area contributed by atoms with Crippen molar-refractivity contribution in [3.8, 4) is 11.5 Å². The van der Waals surface area contributed by atoms with Gasteiger partial charge in [0.2, 0.25) is 0 Å². The number of morpholine rings is 1. The minimum absolute atomic E-state index is 0.198. The second-order valence-corrected chi connectivity index (χ2v) is 17.2. The van der Waals surface area contributed by atoms with Crippen molar-refractivity contribution in [2.24, 2.45) is 0 Å². The Hall–Kier alpha value is -2.24. The highest BCUT2D eigenvalue weighted by atomic mass is 16.5. The predicted octanol–water partition coefficient (Wildman–Crippen LogP) is 6.63. The van der Waals surface area contributed by atoms with Crippen LogP contribution in [0.15, 0.2) is 48.5 Å². The lowest BCUT2D eigenvalue weighted by Gasteiger charge is -2.42. The molecule has 2 aromatic rings. The zero-order chi connectivity index (χ0) is 37.4. The lowest BCUT2D eigenvalue weighted by atomic mass is 9.73. The Morgan fingerprint density at radius 2 is 0.764 bits per heavy atom. The molecule has 6 aliphatic heterocycles. The highest BCUT2D eigenvalue weighted by molar-refractivity contribution is 5.34. The van der Waals surface area contributed by atoms with Gasteiger partial charge in [0.25, 0.3) is 0 Å². The van der Waals surface area contributed by atoms with E-state index >= 15 is 0 Å². The first-order valence-corrected chi connectivity index (χ1v) is 22.3. The Balaban J connectivity index is 0.000000169. The third-order valence-electron chi connectivity index (χ3n) is 13.4. The van der Waals surface area contributed by atoms with Gasteiger partial charge in [0.1, 0.15) is 11.5 Å². The third-order valence-corrected chi connectivity index (χ3v) is 13.4. The summed E-state index contributed by atoms with van der Waals surface area (Å²) in [4.78, 5) is 10.3. The van der Waals surface area contributed by atoms with Gasteiger partial charge >= 0.3 is 0 Å². The molecule has 0 aromatic heterocycles. The van der Waals surface area contributed by atoms with Gasteiger partial charge in [0.05, 0.1) is 26.4 Å². The second kappa shape index (κ2) is 21.5. The molecule has 9 heteroatoms. The highest BCUT2D eigenvalue weighted by Gasteiger charge is 2.38. The number of rotatable bonds is 16. The molecular formula is C46H72N4O5. The molecule has 8 rings (SSSR count). The van der Waals surface area contributed by atoms with E-state index in [9.17, 15) is 0 Å². The molecule has 6 heterocycles. The molecule has 2 aromatic carbocycles. The molecule has 0 radical (unpaired) electrons. The van der Waals surface area contributed by atoms with E-state index in [1.807, 2.05) is 0 Å². The van der Waals surface area contributed by atoms with Crippen molar-refractivity contribution in [2.45, 2.75) is 87.9 Å².